The van der Waals surface area contributed by atoms with Gasteiger partial charge in [0.15, 0.2) is 0 Å². The van der Waals surface area contributed by atoms with Crippen molar-refractivity contribution >= 4 is 16.8 Å². The molecular weight excluding hydrogens is 251 g/mol. The predicted octanol–water partition coefficient (Wildman–Crippen LogP) is 4.72. The van der Waals surface area contributed by atoms with Crippen molar-refractivity contribution in [3.05, 3.63) is 35.9 Å². The van der Waals surface area contributed by atoms with E-state index in [1.807, 2.05) is 0 Å². The number of hydrogen-bond acceptors (Lipinski definition) is 1. The Morgan fingerprint density at radius 1 is 1.24 bits per heavy atom. The van der Waals surface area contributed by atoms with Crippen LogP contribution < -0.4 is 0 Å². The second-order valence-electron chi connectivity index (χ2n) is 3.80. The minimum Gasteiger partial charge on any atom is -0.293 e. The van der Waals surface area contributed by atoms with Crippen LogP contribution in [0.5, 0.6) is 0 Å². The zero-order valence-electron chi connectivity index (χ0n) is 9.10. The van der Waals surface area contributed by atoms with E-state index in [0.717, 1.165) is 0 Å². The quantitative estimate of drug-likeness (QED) is 0.744. The van der Waals surface area contributed by atoms with Gasteiger partial charge in [-0.2, -0.15) is 13.2 Å². The van der Waals surface area contributed by atoms with Crippen molar-refractivity contribution in [2.45, 2.75) is 31.4 Å². The van der Waals surface area contributed by atoms with E-state index in [4.69, 9.17) is 17.0 Å². The van der Waals surface area contributed by atoms with Crippen molar-refractivity contribution in [3.8, 4) is 0 Å². The lowest BCUT2D eigenvalue weighted by Gasteiger charge is -2.20. The molecule has 0 spiro atoms. The number of benzene rings is 1. The first-order valence-electron chi connectivity index (χ1n) is 5.26. The van der Waals surface area contributed by atoms with Gasteiger partial charge in [0.25, 0.3) is 0 Å². The minimum absolute atomic E-state index is 0.0391. The molecule has 0 bridgehead atoms. The fourth-order valence-corrected chi connectivity index (χ4v) is 1.80. The average molecular weight is 264 g/mol. The monoisotopic (exact) mass is 263 g/mol. The van der Waals surface area contributed by atoms with Crippen LogP contribution >= 0.6 is 11.6 Å². The van der Waals surface area contributed by atoms with E-state index >= 15 is 0 Å². The Labute approximate surface area is 103 Å². The number of rotatable bonds is 5. The van der Waals surface area contributed by atoms with Crippen LogP contribution in [0.15, 0.2) is 30.3 Å². The Bertz CT molecular complexity index is 362. The number of alkyl halides is 3. The molecule has 1 atom stereocenters. The molecule has 0 aliphatic heterocycles. The summed E-state index contributed by atoms with van der Waals surface area (Å²) >= 11 is 5.32. The standard InChI is InChI=1S/C12H13ClF3N/c13-11(17)8-4-7-10(12(14,15)16)9-5-2-1-3-6-9/h1-3,5-6,10,17H,4,7-8H2. The largest absolute Gasteiger partial charge is 0.395 e. The van der Waals surface area contributed by atoms with Crippen molar-refractivity contribution in [2.24, 2.45) is 0 Å². The van der Waals surface area contributed by atoms with Gasteiger partial charge in [-0.05, 0) is 24.8 Å². The SMILES string of the molecule is N=C(Cl)CCCC(c1ccccc1)C(F)(F)F. The summed E-state index contributed by atoms with van der Waals surface area (Å²) < 4.78 is 38.5. The molecule has 0 aliphatic carbocycles. The molecule has 0 radical (unpaired) electrons. The van der Waals surface area contributed by atoms with Crippen molar-refractivity contribution < 1.29 is 13.2 Å². The van der Waals surface area contributed by atoms with E-state index in [2.05, 4.69) is 0 Å². The van der Waals surface area contributed by atoms with Crippen molar-refractivity contribution in [3.63, 3.8) is 0 Å². The molecule has 5 heteroatoms. The van der Waals surface area contributed by atoms with Gasteiger partial charge in [0, 0.05) is 0 Å². The summed E-state index contributed by atoms with van der Waals surface area (Å²) in [6, 6.07) is 7.83. The van der Waals surface area contributed by atoms with E-state index in [-0.39, 0.29) is 30.0 Å². The molecule has 1 aromatic carbocycles. The Morgan fingerprint density at radius 3 is 2.29 bits per heavy atom. The van der Waals surface area contributed by atoms with Crippen molar-refractivity contribution in [2.75, 3.05) is 0 Å². The molecular formula is C12H13ClF3N. The third kappa shape index (κ3) is 4.77. The lowest BCUT2D eigenvalue weighted by atomic mass is 9.93. The molecule has 0 fully saturated rings. The Balaban J connectivity index is 2.72. The van der Waals surface area contributed by atoms with Gasteiger partial charge in [-0.25, -0.2) is 0 Å². The summed E-state index contributed by atoms with van der Waals surface area (Å²) in [4.78, 5) is 0. The lowest BCUT2D eigenvalue weighted by molar-refractivity contribution is -0.152. The van der Waals surface area contributed by atoms with Crippen LogP contribution in [0, 0.1) is 5.41 Å². The van der Waals surface area contributed by atoms with Crippen LogP contribution in [0.2, 0.25) is 0 Å². The van der Waals surface area contributed by atoms with Gasteiger partial charge >= 0.3 is 6.18 Å². The third-order valence-electron chi connectivity index (χ3n) is 2.49. The Kier molecular flexibility index (Phi) is 5.00. The second-order valence-corrected chi connectivity index (χ2v) is 4.26. The highest BCUT2D eigenvalue weighted by molar-refractivity contribution is 6.64. The molecule has 0 heterocycles. The number of hydrogen-bond donors (Lipinski definition) is 1. The molecule has 0 saturated carbocycles. The van der Waals surface area contributed by atoms with Gasteiger partial charge in [-0.15, -0.1) is 0 Å². The van der Waals surface area contributed by atoms with E-state index in [0.29, 0.717) is 0 Å². The van der Waals surface area contributed by atoms with Gasteiger partial charge in [-0.3, -0.25) is 5.41 Å². The maximum atomic E-state index is 12.8. The predicted molar refractivity (Wildman–Crippen MR) is 62.7 cm³/mol. The first-order valence-corrected chi connectivity index (χ1v) is 5.63. The van der Waals surface area contributed by atoms with Gasteiger partial charge in [0.1, 0.15) is 0 Å². The Morgan fingerprint density at radius 2 is 1.82 bits per heavy atom. The molecule has 1 rings (SSSR count). The topological polar surface area (TPSA) is 23.9 Å². The van der Waals surface area contributed by atoms with Gasteiger partial charge in [0.2, 0.25) is 0 Å². The molecule has 94 valence electrons. The van der Waals surface area contributed by atoms with Gasteiger partial charge in [0.05, 0.1) is 11.1 Å². The van der Waals surface area contributed by atoms with Crippen LogP contribution in [0.25, 0.3) is 0 Å². The summed E-state index contributed by atoms with van der Waals surface area (Å²) in [6.45, 7) is 0. The highest BCUT2D eigenvalue weighted by atomic mass is 35.5. The van der Waals surface area contributed by atoms with Crippen LogP contribution in [-0.4, -0.2) is 11.3 Å². The summed E-state index contributed by atoms with van der Waals surface area (Å²) in [7, 11) is 0. The molecule has 1 N–H and O–H groups in total. The fourth-order valence-electron chi connectivity index (χ4n) is 1.67. The van der Waals surface area contributed by atoms with Crippen molar-refractivity contribution in [1.29, 1.82) is 5.41 Å². The average Bonchev–Trinajstić information content (AvgIpc) is 2.23. The van der Waals surface area contributed by atoms with Crippen molar-refractivity contribution in [1.82, 2.24) is 0 Å². The van der Waals surface area contributed by atoms with E-state index in [9.17, 15) is 13.2 Å². The zero-order valence-corrected chi connectivity index (χ0v) is 9.85. The summed E-state index contributed by atoms with van der Waals surface area (Å²) in [5, 5.41) is 6.89. The van der Waals surface area contributed by atoms with Crippen LogP contribution in [-0.2, 0) is 0 Å². The molecule has 1 aromatic rings. The fraction of sp³-hybridized carbons (Fsp3) is 0.417. The highest BCUT2D eigenvalue weighted by Crippen LogP contribution is 2.38. The molecule has 0 saturated heterocycles. The van der Waals surface area contributed by atoms with Crippen LogP contribution in [0.3, 0.4) is 0 Å². The maximum Gasteiger partial charge on any atom is 0.395 e. The maximum absolute atomic E-state index is 12.8. The highest BCUT2D eigenvalue weighted by Gasteiger charge is 2.39. The van der Waals surface area contributed by atoms with Gasteiger partial charge < -0.3 is 0 Å². The summed E-state index contributed by atoms with van der Waals surface area (Å²) in [5.41, 5.74) is 0.265. The van der Waals surface area contributed by atoms with E-state index in [1.54, 1.807) is 18.2 Å². The third-order valence-corrected chi connectivity index (χ3v) is 2.68. The van der Waals surface area contributed by atoms with E-state index < -0.39 is 12.1 Å². The van der Waals surface area contributed by atoms with Crippen LogP contribution in [0.1, 0.15) is 30.7 Å². The molecule has 1 nitrogen and oxygen atoms in total. The summed E-state index contributed by atoms with van der Waals surface area (Å²) in [5.74, 6) is -1.47. The molecule has 0 aliphatic rings. The smallest absolute Gasteiger partial charge is 0.293 e. The Hall–Kier alpha value is -1.03. The minimum atomic E-state index is -4.25. The van der Waals surface area contributed by atoms with Crippen LogP contribution in [0.4, 0.5) is 13.2 Å². The summed E-state index contributed by atoms with van der Waals surface area (Å²) in [6.07, 6.45) is -3.83. The van der Waals surface area contributed by atoms with E-state index in [1.165, 1.54) is 12.1 Å². The number of halogens is 4. The zero-order chi connectivity index (χ0) is 12.9. The molecule has 0 aromatic heterocycles. The molecule has 0 amide bonds. The lowest BCUT2D eigenvalue weighted by Crippen LogP contribution is -2.20. The molecule has 17 heavy (non-hydrogen) atoms. The first kappa shape index (κ1) is 14.0. The first-order chi connectivity index (χ1) is 7.91. The normalized spacial score (nSPS) is 13.4. The second kappa shape index (κ2) is 6.05. The van der Waals surface area contributed by atoms with Gasteiger partial charge in [-0.1, -0.05) is 41.9 Å². The number of nitrogens with one attached hydrogen (secondary N) is 1. The molecule has 1 unspecified atom stereocenters.